The van der Waals surface area contributed by atoms with Gasteiger partial charge in [-0.05, 0) is 59.9 Å². The first-order chi connectivity index (χ1) is 17.4. The van der Waals surface area contributed by atoms with E-state index in [2.05, 4.69) is 10.3 Å². The van der Waals surface area contributed by atoms with Gasteiger partial charge >= 0.3 is 0 Å². The number of aliphatic hydroxyl groups is 3. The standard InChI is InChI=1S/C28H29FN2O5/c1-2-11-36-26-10-7-19(17-3-5-18(6-4-17)28(34)35)13-24(26)27(33)31-22(16-32)12-20-15-30-25-9-8-21(29)14-23(20)25/h3-10,13-15,22,28,30,32,34-35H,2,11-12,16H2,1H3,(H,31,33). The van der Waals surface area contributed by atoms with E-state index in [1.54, 1.807) is 48.7 Å². The molecule has 1 unspecified atom stereocenters. The molecule has 3 aromatic carbocycles. The minimum absolute atomic E-state index is 0.302. The van der Waals surface area contributed by atoms with Crippen molar-refractivity contribution in [2.24, 2.45) is 0 Å². The van der Waals surface area contributed by atoms with Gasteiger partial charge in [0.15, 0.2) is 6.29 Å². The molecule has 1 amide bonds. The Morgan fingerprint density at radius 3 is 2.50 bits per heavy atom. The molecule has 1 aromatic heterocycles. The van der Waals surface area contributed by atoms with Gasteiger partial charge in [0.25, 0.3) is 5.91 Å². The van der Waals surface area contributed by atoms with Crippen molar-refractivity contribution in [3.05, 3.63) is 89.4 Å². The molecule has 5 N–H and O–H groups in total. The molecule has 36 heavy (non-hydrogen) atoms. The van der Waals surface area contributed by atoms with Gasteiger partial charge in [-0.2, -0.15) is 0 Å². The third kappa shape index (κ3) is 5.73. The third-order valence-electron chi connectivity index (χ3n) is 5.98. The van der Waals surface area contributed by atoms with Gasteiger partial charge in [-0.25, -0.2) is 4.39 Å². The normalized spacial score (nSPS) is 12.2. The zero-order chi connectivity index (χ0) is 25.7. The van der Waals surface area contributed by atoms with Crippen LogP contribution in [0.25, 0.3) is 22.0 Å². The lowest BCUT2D eigenvalue weighted by molar-refractivity contribution is -0.0424. The number of H-pyrrole nitrogens is 1. The van der Waals surface area contributed by atoms with Crippen LogP contribution in [0.5, 0.6) is 5.75 Å². The highest BCUT2D eigenvalue weighted by Gasteiger charge is 2.20. The highest BCUT2D eigenvalue weighted by molar-refractivity contribution is 5.98. The number of benzene rings is 3. The van der Waals surface area contributed by atoms with Gasteiger partial charge in [0.1, 0.15) is 11.6 Å². The fourth-order valence-corrected chi connectivity index (χ4v) is 4.08. The Hall–Kier alpha value is -3.72. The van der Waals surface area contributed by atoms with Gasteiger partial charge in [-0.15, -0.1) is 0 Å². The zero-order valence-electron chi connectivity index (χ0n) is 19.9. The van der Waals surface area contributed by atoms with Crippen molar-refractivity contribution in [3.8, 4) is 16.9 Å². The van der Waals surface area contributed by atoms with Crippen LogP contribution in [0.1, 0.15) is 41.1 Å². The maximum atomic E-state index is 13.8. The van der Waals surface area contributed by atoms with E-state index in [0.29, 0.717) is 35.3 Å². The number of ether oxygens (including phenoxy) is 1. The number of aromatic nitrogens is 1. The van der Waals surface area contributed by atoms with Gasteiger partial charge < -0.3 is 30.4 Å². The second-order valence-electron chi connectivity index (χ2n) is 8.62. The van der Waals surface area contributed by atoms with Gasteiger partial charge in [-0.3, -0.25) is 4.79 Å². The first-order valence-electron chi connectivity index (χ1n) is 11.8. The lowest BCUT2D eigenvalue weighted by Gasteiger charge is -2.18. The molecule has 8 heteroatoms. The predicted octanol–water partition coefficient (Wildman–Crippen LogP) is 4.08. The van der Waals surface area contributed by atoms with Crippen molar-refractivity contribution < 1.29 is 29.2 Å². The molecule has 0 bridgehead atoms. The Kier molecular flexibility index (Phi) is 8.00. The van der Waals surface area contributed by atoms with Gasteiger partial charge in [0, 0.05) is 22.7 Å². The minimum Gasteiger partial charge on any atom is -0.493 e. The van der Waals surface area contributed by atoms with Gasteiger partial charge in [0.2, 0.25) is 0 Å². The fourth-order valence-electron chi connectivity index (χ4n) is 4.08. The predicted molar refractivity (Wildman–Crippen MR) is 135 cm³/mol. The number of hydrogen-bond acceptors (Lipinski definition) is 5. The number of halogens is 1. The van der Waals surface area contributed by atoms with Crippen molar-refractivity contribution >= 4 is 16.8 Å². The minimum atomic E-state index is -1.56. The number of fused-ring (bicyclic) bond motifs is 1. The molecule has 0 fully saturated rings. The highest BCUT2D eigenvalue weighted by atomic mass is 19.1. The second-order valence-corrected chi connectivity index (χ2v) is 8.62. The molecule has 188 valence electrons. The van der Waals surface area contributed by atoms with Crippen LogP contribution in [0.3, 0.4) is 0 Å². The summed E-state index contributed by atoms with van der Waals surface area (Å²) >= 11 is 0. The molecule has 0 spiro atoms. The largest absolute Gasteiger partial charge is 0.493 e. The Balaban J connectivity index is 1.59. The summed E-state index contributed by atoms with van der Waals surface area (Å²) in [6, 6.07) is 15.8. The monoisotopic (exact) mass is 492 g/mol. The van der Waals surface area contributed by atoms with E-state index in [1.807, 2.05) is 13.0 Å². The molecule has 1 heterocycles. The topological polar surface area (TPSA) is 115 Å². The Bertz CT molecular complexity index is 1330. The lowest BCUT2D eigenvalue weighted by Crippen LogP contribution is -2.39. The first-order valence-corrected chi connectivity index (χ1v) is 11.8. The van der Waals surface area contributed by atoms with Gasteiger partial charge in [-0.1, -0.05) is 37.3 Å². The molecular formula is C28H29FN2O5. The summed E-state index contributed by atoms with van der Waals surface area (Å²) in [6.45, 7) is 2.10. The summed E-state index contributed by atoms with van der Waals surface area (Å²) in [7, 11) is 0. The van der Waals surface area contributed by atoms with E-state index in [9.17, 15) is 24.5 Å². The van der Waals surface area contributed by atoms with Crippen LogP contribution >= 0.6 is 0 Å². The molecule has 4 rings (SSSR count). The number of aliphatic hydroxyl groups excluding tert-OH is 2. The molecule has 7 nitrogen and oxygen atoms in total. The Morgan fingerprint density at radius 2 is 1.81 bits per heavy atom. The highest BCUT2D eigenvalue weighted by Crippen LogP contribution is 2.28. The van der Waals surface area contributed by atoms with Crippen LogP contribution in [-0.4, -0.2) is 45.5 Å². The average molecular weight is 493 g/mol. The molecule has 0 saturated carbocycles. The third-order valence-corrected chi connectivity index (χ3v) is 5.98. The molecule has 1 atom stereocenters. The molecule has 0 radical (unpaired) electrons. The average Bonchev–Trinajstić information content (AvgIpc) is 3.28. The second kappa shape index (κ2) is 11.3. The Labute approximate surface area is 208 Å². The molecule has 0 aliphatic rings. The summed E-state index contributed by atoms with van der Waals surface area (Å²) in [4.78, 5) is 16.4. The van der Waals surface area contributed by atoms with Crippen molar-refractivity contribution in [2.45, 2.75) is 32.1 Å². The Morgan fingerprint density at radius 1 is 1.06 bits per heavy atom. The van der Waals surface area contributed by atoms with Crippen LogP contribution in [0.4, 0.5) is 4.39 Å². The molecule has 0 saturated heterocycles. The summed E-state index contributed by atoms with van der Waals surface area (Å²) in [6.07, 6.45) is 1.27. The van der Waals surface area contributed by atoms with E-state index in [1.165, 1.54) is 12.1 Å². The zero-order valence-corrected chi connectivity index (χ0v) is 19.9. The first kappa shape index (κ1) is 25.4. The number of nitrogens with one attached hydrogen (secondary N) is 2. The maximum Gasteiger partial charge on any atom is 0.255 e. The van der Waals surface area contributed by atoms with Crippen molar-refractivity contribution in [1.82, 2.24) is 10.3 Å². The SMILES string of the molecule is CCCOc1ccc(-c2ccc(C(O)O)cc2)cc1C(=O)NC(CO)Cc1c[nH]c2ccc(F)cc12. The van der Waals surface area contributed by atoms with Crippen molar-refractivity contribution in [3.63, 3.8) is 0 Å². The summed E-state index contributed by atoms with van der Waals surface area (Å²) in [5.74, 6) is -0.342. The van der Waals surface area contributed by atoms with Crippen molar-refractivity contribution in [2.75, 3.05) is 13.2 Å². The number of carbonyl (C=O) groups is 1. The quantitative estimate of drug-likeness (QED) is 0.214. The summed E-state index contributed by atoms with van der Waals surface area (Å²) in [5, 5.41) is 32.2. The molecule has 4 aromatic rings. The number of hydrogen-bond donors (Lipinski definition) is 5. The van der Waals surface area contributed by atoms with Crippen LogP contribution < -0.4 is 10.1 Å². The lowest BCUT2D eigenvalue weighted by atomic mass is 10.00. The molecule has 0 aliphatic heterocycles. The van der Waals surface area contributed by atoms with Crippen LogP contribution in [0, 0.1) is 5.82 Å². The van der Waals surface area contributed by atoms with Gasteiger partial charge in [0.05, 0.1) is 24.8 Å². The van der Waals surface area contributed by atoms with Crippen LogP contribution in [-0.2, 0) is 6.42 Å². The number of amides is 1. The van der Waals surface area contributed by atoms with E-state index >= 15 is 0 Å². The van der Waals surface area contributed by atoms with E-state index in [-0.39, 0.29) is 12.4 Å². The number of carbonyl (C=O) groups excluding carboxylic acids is 1. The molecule has 0 aliphatic carbocycles. The fraction of sp³-hybridized carbons (Fsp3) is 0.250. The van der Waals surface area contributed by atoms with Crippen LogP contribution in [0.15, 0.2) is 66.9 Å². The molecular weight excluding hydrogens is 463 g/mol. The number of aromatic amines is 1. The number of rotatable bonds is 10. The van der Waals surface area contributed by atoms with E-state index in [4.69, 9.17) is 4.74 Å². The van der Waals surface area contributed by atoms with E-state index in [0.717, 1.165) is 28.6 Å². The van der Waals surface area contributed by atoms with Crippen LogP contribution in [0.2, 0.25) is 0 Å². The summed E-state index contributed by atoms with van der Waals surface area (Å²) in [5.41, 5.74) is 3.77. The maximum absolute atomic E-state index is 13.8. The smallest absolute Gasteiger partial charge is 0.255 e. The summed E-state index contributed by atoms with van der Waals surface area (Å²) < 4.78 is 19.6. The van der Waals surface area contributed by atoms with Crippen molar-refractivity contribution in [1.29, 1.82) is 0 Å². The van der Waals surface area contributed by atoms with E-state index < -0.39 is 18.2 Å².